The van der Waals surface area contributed by atoms with Crippen LogP contribution < -0.4 is 10.6 Å². The lowest BCUT2D eigenvalue weighted by Gasteiger charge is -2.30. The van der Waals surface area contributed by atoms with Crippen molar-refractivity contribution in [1.82, 2.24) is 15.2 Å². The fraction of sp³-hybridized carbons (Fsp3) is 0.500. The Morgan fingerprint density at radius 1 is 1.30 bits per heavy atom. The molecule has 7 nitrogen and oxygen atoms in total. The molecule has 1 aromatic carbocycles. The molecule has 0 spiro atoms. The second-order valence-corrected chi connectivity index (χ2v) is 8.62. The number of thiazole rings is 1. The molecule has 1 unspecified atom stereocenters. The van der Waals surface area contributed by atoms with Crippen molar-refractivity contribution in [3.63, 3.8) is 0 Å². The Morgan fingerprint density at radius 2 is 2.13 bits per heavy atom. The number of rotatable bonds is 9. The topological polar surface area (TPSA) is 83.6 Å². The Labute approximate surface area is 181 Å². The summed E-state index contributed by atoms with van der Waals surface area (Å²) in [5.41, 5.74) is 1.94. The summed E-state index contributed by atoms with van der Waals surface area (Å²) < 4.78 is 5.14. The van der Waals surface area contributed by atoms with Gasteiger partial charge in [-0.05, 0) is 37.3 Å². The predicted octanol–water partition coefficient (Wildman–Crippen LogP) is 4.02. The number of hydrogen-bond donors (Lipinski definition) is 2. The smallest absolute Gasteiger partial charge is 0.407 e. The number of alkyl carbamates (subject to hydrolysis) is 1. The highest BCUT2D eigenvalue weighted by molar-refractivity contribution is 7.13. The molecule has 1 aromatic heterocycles. The summed E-state index contributed by atoms with van der Waals surface area (Å²) in [6, 6.07) is 9.50. The molecule has 3 rings (SSSR count). The normalized spacial score (nSPS) is 16.8. The monoisotopic (exact) mass is 430 g/mol. The van der Waals surface area contributed by atoms with Gasteiger partial charge in [-0.2, -0.15) is 0 Å². The first-order chi connectivity index (χ1) is 14.6. The van der Waals surface area contributed by atoms with Gasteiger partial charge in [0, 0.05) is 31.4 Å². The third-order valence-electron chi connectivity index (χ3n) is 4.99. The van der Waals surface area contributed by atoms with Crippen LogP contribution >= 0.6 is 11.3 Å². The summed E-state index contributed by atoms with van der Waals surface area (Å²) in [6.07, 6.45) is 2.92. The lowest BCUT2D eigenvalue weighted by Crippen LogP contribution is -2.33. The van der Waals surface area contributed by atoms with E-state index in [2.05, 4.69) is 27.4 Å². The van der Waals surface area contributed by atoms with E-state index in [9.17, 15) is 9.59 Å². The standard InChI is InChI=1S/C22H30N4O3S/c1-17-7-6-12-26(13-17)14-19-16-30-21(24-19)25-20(27)10-5-11-23-22(28)29-15-18-8-3-2-4-9-18/h2-4,8-9,16-17H,5-7,10-15H2,1H3,(H,23,28)(H,24,25,27). The first-order valence-electron chi connectivity index (χ1n) is 10.5. The first-order valence-corrected chi connectivity index (χ1v) is 11.4. The van der Waals surface area contributed by atoms with Crippen LogP contribution in [-0.4, -0.2) is 41.5 Å². The van der Waals surface area contributed by atoms with Crippen LogP contribution in [-0.2, 0) is 22.7 Å². The van der Waals surface area contributed by atoms with Crippen LogP contribution in [0.25, 0.3) is 0 Å². The van der Waals surface area contributed by atoms with E-state index in [-0.39, 0.29) is 12.5 Å². The maximum absolute atomic E-state index is 12.1. The van der Waals surface area contributed by atoms with Gasteiger partial charge in [0.25, 0.3) is 0 Å². The van der Waals surface area contributed by atoms with Crippen molar-refractivity contribution >= 4 is 28.5 Å². The van der Waals surface area contributed by atoms with Crippen LogP contribution in [0.2, 0.25) is 0 Å². The number of piperidine rings is 1. The van der Waals surface area contributed by atoms with Crippen LogP contribution in [0, 0.1) is 5.92 Å². The lowest BCUT2D eigenvalue weighted by molar-refractivity contribution is -0.116. The van der Waals surface area contributed by atoms with E-state index in [1.807, 2.05) is 35.7 Å². The lowest BCUT2D eigenvalue weighted by atomic mass is 10.0. The Balaban J connectivity index is 1.28. The SMILES string of the molecule is CC1CCCN(Cc2csc(NC(=O)CCCNC(=O)OCc3ccccc3)n2)C1. The second kappa shape index (κ2) is 11.7. The fourth-order valence-electron chi connectivity index (χ4n) is 3.49. The van der Waals surface area contributed by atoms with Crippen LogP contribution in [0.5, 0.6) is 0 Å². The van der Waals surface area contributed by atoms with Crippen molar-refractivity contribution in [2.45, 2.75) is 45.8 Å². The molecule has 0 aliphatic carbocycles. The van der Waals surface area contributed by atoms with Crippen LogP contribution in [0.3, 0.4) is 0 Å². The first kappa shape index (κ1) is 22.2. The van der Waals surface area contributed by atoms with Crippen molar-refractivity contribution in [2.24, 2.45) is 5.92 Å². The second-order valence-electron chi connectivity index (χ2n) is 7.77. The number of aromatic nitrogens is 1. The number of nitrogens with one attached hydrogen (secondary N) is 2. The highest BCUT2D eigenvalue weighted by Gasteiger charge is 2.17. The third-order valence-corrected chi connectivity index (χ3v) is 5.79. The van der Waals surface area contributed by atoms with Gasteiger partial charge in [-0.3, -0.25) is 9.69 Å². The van der Waals surface area contributed by atoms with Gasteiger partial charge in [0.2, 0.25) is 5.91 Å². The van der Waals surface area contributed by atoms with Crippen molar-refractivity contribution in [2.75, 3.05) is 25.0 Å². The van der Waals surface area contributed by atoms with Crippen molar-refractivity contribution in [3.05, 3.63) is 47.0 Å². The zero-order chi connectivity index (χ0) is 21.2. The third kappa shape index (κ3) is 7.76. The number of ether oxygens (including phenoxy) is 1. The minimum Gasteiger partial charge on any atom is -0.445 e. The van der Waals surface area contributed by atoms with E-state index in [4.69, 9.17) is 4.74 Å². The highest BCUT2D eigenvalue weighted by atomic mass is 32.1. The molecular formula is C22H30N4O3S. The van der Waals surface area contributed by atoms with Gasteiger partial charge < -0.3 is 15.4 Å². The minimum absolute atomic E-state index is 0.0954. The number of carbonyl (C=O) groups excluding carboxylic acids is 2. The summed E-state index contributed by atoms with van der Waals surface area (Å²) in [5.74, 6) is 0.641. The molecule has 1 fully saturated rings. The molecule has 8 heteroatoms. The van der Waals surface area contributed by atoms with E-state index >= 15 is 0 Å². The van der Waals surface area contributed by atoms with E-state index in [0.29, 0.717) is 24.5 Å². The minimum atomic E-state index is -0.476. The summed E-state index contributed by atoms with van der Waals surface area (Å²) in [7, 11) is 0. The Bertz CT molecular complexity index is 812. The molecule has 2 heterocycles. The van der Waals surface area contributed by atoms with Gasteiger partial charge in [-0.25, -0.2) is 9.78 Å². The molecule has 1 aliphatic heterocycles. The summed E-state index contributed by atoms with van der Waals surface area (Å²) in [5, 5.41) is 8.16. The fourth-order valence-corrected chi connectivity index (χ4v) is 4.21. The van der Waals surface area contributed by atoms with Crippen molar-refractivity contribution < 1.29 is 14.3 Å². The Morgan fingerprint density at radius 3 is 2.93 bits per heavy atom. The number of anilines is 1. The molecular weight excluding hydrogens is 400 g/mol. The van der Waals surface area contributed by atoms with Crippen LogP contribution in [0.15, 0.2) is 35.7 Å². The number of hydrogen-bond acceptors (Lipinski definition) is 6. The largest absolute Gasteiger partial charge is 0.445 e. The van der Waals surface area contributed by atoms with Gasteiger partial charge in [0.05, 0.1) is 5.69 Å². The highest BCUT2D eigenvalue weighted by Crippen LogP contribution is 2.21. The number of carbonyl (C=O) groups is 2. The van der Waals surface area contributed by atoms with E-state index < -0.39 is 6.09 Å². The number of amides is 2. The number of benzene rings is 1. The zero-order valence-electron chi connectivity index (χ0n) is 17.4. The summed E-state index contributed by atoms with van der Waals surface area (Å²) >= 11 is 1.46. The average Bonchev–Trinajstić information content (AvgIpc) is 3.17. The van der Waals surface area contributed by atoms with Gasteiger partial charge in [0.1, 0.15) is 6.61 Å². The van der Waals surface area contributed by atoms with Crippen LogP contribution in [0.4, 0.5) is 9.93 Å². The van der Waals surface area contributed by atoms with Crippen LogP contribution in [0.1, 0.15) is 43.9 Å². The maximum atomic E-state index is 12.1. The Hall–Kier alpha value is -2.45. The molecule has 30 heavy (non-hydrogen) atoms. The van der Waals surface area contributed by atoms with E-state index in [1.165, 1.54) is 24.2 Å². The quantitative estimate of drug-likeness (QED) is 0.587. The Kier molecular flexibility index (Phi) is 8.65. The summed E-state index contributed by atoms with van der Waals surface area (Å²) in [4.78, 5) is 30.8. The molecule has 0 saturated carbocycles. The molecule has 0 bridgehead atoms. The zero-order valence-corrected chi connectivity index (χ0v) is 18.2. The number of likely N-dealkylation sites (tertiary alicyclic amines) is 1. The summed E-state index contributed by atoms with van der Waals surface area (Å²) in [6.45, 7) is 5.97. The van der Waals surface area contributed by atoms with E-state index in [1.54, 1.807) is 0 Å². The van der Waals surface area contributed by atoms with Crippen molar-refractivity contribution in [1.29, 1.82) is 0 Å². The molecule has 2 amide bonds. The average molecular weight is 431 g/mol. The van der Waals surface area contributed by atoms with Crippen molar-refractivity contribution in [3.8, 4) is 0 Å². The molecule has 162 valence electrons. The molecule has 1 atom stereocenters. The van der Waals surface area contributed by atoms with Gasteiger partial charge in [0.15, 0.2) is 5.13 Å². The molecule has 2 N–H and O–H groups in total. The van der Waals surface area contributed by atoms with E-state index in [0.717, 1.165) is 36.8 Å². The molecule has 1 aliphatic rings. The number of nitrogens with zero attached hydrogens (tertiary/aromatic N) is 2. The molecule has 2 aromatic rings. The predicted molar refractivity (Wildman–Crippen MR) is 118 cm³/mol. The van der Waals surface area contributed by atoms with Gasteiger partial charge in [-0.1, -0.05) is 37.3 Å². The molecule has 1 saturated heterocycles. The molecule has 0 radical (unpaired) electrons. The van der Waals surface area contributed by atoms with Gasteiger partial charge >= 0.3 is 6.09 Å². The maximum Gasteiger partial charge on any atom is 0.407 e. The van der Waals surface area contributed by atoms with Gasteiger partial charge in [-0.15, -0.1) is 11.3 Å².